The molecule has 0 saturated carbocycles. The van der Waals surface area contributed by atoms with Crippen LogP contribution in [0.25, 0.3) is 0 Å². The zero-order chi connectivity index (χ0) is 8.10. The van der Waals surface area contributed by atoms with Crippen LogP contribution in [-0.4, -0.2) is 10.1 Å². The van der Waals surface area contributed by atoms with Crippen LogP contribution in [0.1, 0.15) is 17.6 Å². The van der Waals surface area contributed by atoms with Gasteiger partial charge in [0.25, 0.3) is 0 Å². The number of aryl methyl sites for hydroxylation is 1. The van der Waals surface area contributed by atoms with E-state index in [1.54, 1.807) is 11.3 Å². The van der Waals surface area contributed by atoms with E-state index in [-0.39, 0.29) is 0 Å². The van der Waals surface area contributed by atoms with Gasteiger partial charge in [0.05, 0.1) is 22.4 Å². The summed E-state index contributed by atoms with van der Waals surface area (Å²) in [6.45, 7) is 2.66. The summed E-state index contributed by atoms with van der Waals surface area (Å²) in [5.41, 5.74) is 0.990. The normalized spacial score (nSPS) is 9.18. The second-order valence-corrected chi connectivity index (χ2v) is 3.12. The molecule has 0 radical (unpaired) electrons. The molecule has 0 saturated heterocycles. The van der Waals surface area contributed by atoms with Crippen LogP contribution < -0.4 is 0 Å². The van der Waals surface area contributed by atoms with E-state index >= 15 is 0 Å². The topological polar surface area (TPSA) is 25.2 Å². The van der Waals surface area contributed by atoms with Crippen molar-refractivity contribution in [1.29, 1.82) is 0 Å². The summed E-state index contributed by atoms with van der Waals surface area (Å²) in [5, 5.41) is 5.48. The maximum Gasteiger partial charge on any atom is 0.0926 e. The Morgan fingerprint density at radius 1 is 1.82 bits per heavy atom. The summed E-state index contributed by atoms with van der Waals surface area (Å²) in [4.78, 5) is 8.10. The van der Waals surface area contributed by atoms with Gasteiger partial charge in [0.15, 0.2) is 0 Å². The van der Waals surface area contributed by atoms with E-state index in [0.29, 0.717) is 6.54 Å². The first-order chi connectivity index (χ1) is 5.36. The molecule has 11 heavy (non-hydrogen) atoms. The minimum Gasteiger partial charge on any atom is -0.244 e. The summed E-state index contributed by atoms with van der Waals surface area (Å²) >= 11 is 6.11. The summed E-state index contributed by atoms with van der Waals surface area (Å²) < 4.78 is 0. The van der Waals surface area contributed by atoms with Crippen LogP contribution in [-0.2, 0) is 13.0 Å². The second kappa shape index (κ2) is 4.34. The molecule has 1 heterocycles. The molecule has 0 bridgehead atoms. The average Bonchev–Trinajstić information content (AvgIpc) is 2.48. The van der Waals surface area contributed by atoms with Crippen LogP contribution in [0.2, 0.25) is 0 Å². The molecule has 0 fully saturated rings. The molecule has 4 heteroatoms. The third-order valence-corrected chi connectivity index (χ3v) is 2.38. The monoisotopic (exact) mass is 184 g/mol. The van der Waals surface area contributed by atoms with Crippen molar-refractivity contribution in [1.82, 2.24) is 4.98 Å². The largest absolute Gasteiger partial charge is 0.244 e. The molecule has 1 aromatic heterocycles. The lowest BCUT2D eigenvalue weighted by Gasteiger charge is -1.84. The van der Waals surface area contributed by atoms with Crippen molar-refractivity contribution in [3.05, 3.63) is 16.1 Å². The lowest BCUT2D eigenvalue weighted by Crippen LogP contribution is -1.82. The first-order valence-electron chi connectivity index (χ1n) is 3.33. The Kier molecular flexibility index (Phi) is 3.36. The number of aromatic nitrogens is 1. The number of isothiocyanates is 1. The van der Waals surface area contributed by atoms with Gasteiger partial charge >= 0.3 is 0 Å². The Balaban J connectivity index is 2.64. The lowest BCUT2D eigenvalue weighted by molar-refractivity contribution is 0.979. The number of thiocarbonyl (C=S) groups is 1. The molecule has 0 atom stereocenters. The van der Waals surface area contributed by atoms with Gasteiger partial charge in [-0.05, 0) is 18.6 Å². The van der Waals surface area contributed by atoms with E-state index in [1.807, 2.05) is 5.38 Å². The van der Waals surface area contributed by atoms with Crippen LogP contribution in [0, 0.1) is 0 Å². The van der Waals surface area contributed by atoms with Gasteiger partial charge < -0.3 is 0 Å². The van der Waals surface area contributed by atoms with Crippen LogP contribution in [0.3, 0.4) is 0 Å². The molecule has 0 aliphatic heterocycles. The first kappa shape index (κ1) is 8.53. The van der Waals surface area contributed by atoms with Gasteiger partial charge in [-0.15, -0.1) is 11.3 Å². The number of hydrogen-bond donors (Lipinski definition) is 0. The van der Waals surface area contributed by atoms with Crippen LogP contribution in [0.15, 0.2) is 10.4 Å². The van der Waals surface area contributed by atoms with Gasteiger partial charge in [-0.3, -0.25) is 0 Å². The lowest BCUT2D eigenvalue weighted by atomic mass is 10.5. The minimum atomic E-state index is 0.569. The molecule has 58 valence electrons. The summed E-state index contributed by atoms with van der Waals surface area (Å²) in [7, 11) is 0. The van der Waals surface area contributed by atoms with Crippen molar-refractivity contribution in [3.63, 3.8) is 0 Å². The Morgan fingerprint density at radius 3 is 3.18 bits per heavy atom. The maximum absolute atomic E-state index is 4.45. The van der Waals surface area contributed by atoms with Crippen molar-refractivity contribution in [2.75, 3.05) is 0 Å². The highest BCUT2D eigenvalue weighted by atomic mass is 32.1. The smallest absolute Gasteiger partial charge is 0.0926 e. The predicted octanol–water partition coefficient (Wildman–Crippen LogP) is 2.31. The molecule has 1 aromatic rings. The molecule has 2 nitrogen and oxygen atoms in total. The Bertz CT molecular complexity index is 274. The number of thiazole rings is 1. The first-order valence-corrected chi connectivity index (χ1v) is 4.62. The van der Waals surface area contributed by atoms with Crippen molar-refractivity contribution in [2.45, 2.75) is 19.9 Å². The van der Waals surface area contributed by atoms with Crippen LogP contribution >= 0.6 is 23.6 Å². The summed E-state index contributed by atoms with van der Waals surface area (Å²) in [5.74, 6) is 0. The van der Waals surface area contributed by atoms with Gasteiger partial charge in [0, 0.05) is 5.38 Å². The molecule has 1 rings (SSSR count). The zero-order valence-corrected chi connectivity index (χ0v) is 7.84. The molecule has 0 aliphatic carbocycles. The van der Waals surface area contributed by atoms with Crippen molar-refractivity contribution < 1.29 is 0 Å². The Hall–Kier alpha value is -0.570. The average molecular weight is 184 g/mol. The van der Waals surface area contributed by atoms with Crippen LogP contribution in [0.4, 0.5) is 0 Å². The van der Waals surface area contributed by atoms with E-state index in [2.05, 4.69) is 34.3 Å². The molecular formula is C7H8N2S2. The molecule has 0 aromatic carbocycles. The van der Waals surface area contributed by atoms with Crippen molar-refractivity contribution in [3.8, 4) is 0 Å². The Labute approximate surface area is 75.0 Å². The van der Waals surface area contributed by atoms with Gasteiger partial charge in [-0.2, -0.15) is 0 Å². The zero-order valence-electron chi connectivity index (χ0n) is 6.20. The standard InChI is InChI=1S/C7H8N2S2/c1-2-7-9-6(4-11-7)3-8-5-10/h4H,2-3H2,1H3. The predicted molar refractivity (Wildman–Crippen MR) is 50.2 cm³/mol. The number of hydrogen-bond acceptors (Lipinski definition) is 4. The SMILES string of the molecule is CCc1nc(CN=C=S)cs1. The molecule has 0 aliphatic rings. The fraction of sp³-hybridized carbons (Fsp3) is 0.429. The van der Waals surface area contributed by atoms with E-state index < -0.39 is 0 Å². The van der Waals surface area contributed by atoms with Crippen molar-refractivity contribution in [2.24, 2.45) is 4.99 Å². The molecular weight excluding hydrogens is 176 g/mol. The number of aliphatic imine (C=N–C) groups is 1. The quantitative estimate of drug-likeness (QED) is 0.532. The molecule has 0 spiro atoms. The molecule has 0 amide bonds. The number of nitrogens with zero attached hydrogens (tertiary/aromatic N) is 2. The maximum atomic E-state index is 4.45. The van der Waals surface area contributed by atoms with Crippen LogP contribution in [0.5, 0.6) is 0 Å². The van der Waals surface area contributed by atoms with Gasteiger partial charge in [-0.1, -0.05) is 6.92 Å². The highest BCUT2D eigenvalue weighted by molar-refractivity contribution is 7.78. The second-order valence-electron chi connectivity index (χ2n) is 1.99. The molecule has 0 N–H and O–H groups in total. The fourth-order valence-corrected chi connectivity index (χ4v) is 1.50. The van der Waals surface area contributed by atoms with Crippen molar-refractivity contribution >= 4 is 28.7 Å². The highest BCUT2D eigenvalue weighted by Crippen LogP contribution is 2.10. The van der Waals surface area contributed by atoms with Gasteiger partial charge in [0.2, 0.25) is 0 Å². The van der Waals surface area contributed by atoms with E-state index in [1.165, 1.54) is 0 Å². The molecule has 0 unspecified atom stereocenters. The number of rotatable bonds is 3. The highest BCUT2D eigenvalue weighted by Gasteiger charge is 1.97. The van der Waals surface area contributed by atoms with E-state index in [9.17, 15) is 0 Å². The third kappa shape index (κ3) is 2.50. The van der Waals surface area contributed by atoms with Gasteiger partial charge in [0.1, 0.15) is 0 Å². The third-order valence-electron chi connectivity index (χ3n) is 1.21. The van der Waals surface area contributed by atoms with Gasteiger partial charge in [-0.25, -0.2) is 9.98 Å². The van der Waals surface area contributed by atoms with E-state index in [0.717, 1.165) is 17.1 Å². The Morgan fingerprint density at radius 2 is 2.64 bits per heavy atom. The summed E-state index contributed by atoms with van der Waals surface area (Å²) in [6, 6.07) is 0. The van der Waals surface area contributed by atoms with E-state index in [4.69, 9.17) is 0 Å². The summed E-state index contributed by atoms with van der Waals surface area (Å²) in [6.07, 6.45) is 0.992. The minimum absolute atomic E-state index is 0.569. The fourth-order valence-electron chi connectivity index (χ4n) is 0.697.